The van der Waals surface area contributed by atoms with E-state index in [1.54, 1.807) is 41.3 Å². The van der Waals surface area contributed by atoms with Crippen molar-refractivity contribution in [3.05, 3.63) is 102 Å². The highest BCUT2D eigenvalue weighted by Crippen LogP contribution is 2.20. The van der Waals surface area contributed by atoms with E-state index < -0.39 is 6.04 Å². The molecule has 5 nitrogen and oxygen atoms in total. The van der Waals surface area contributed by atoms with Crippen molar-refractivity contribution in [2.45, 2.75) is 12.5 Å². The first-order valence-corrected chi connectivity index (χ1v) is 10.8. The predicted molar refractivity (Wildman–Crippen MR) is 123 cm³/mol. The Morgan fingerprint density at radius 3 is 2.06 bits per heavy atom. The van der Waals surface area contributed by atoms with Gasteiger partial charge in [-0.1, -0.05) is 60.7 Å². The van der Waals surface area contributed by atoms with E-state index in [0.29, 0.717) is 43.9 Å². The molecule has 3 aromatic rings. The standard InChI is InChI=1S/C26H26FN3O2/c27-22-13-7-8-14-24(22)29-15-17-30(18-16-29)26(32)23(19-20-9-3-1-4-10-20)28-25(31)21-11-5-2-6-12-21/h1-14,23H,15-19H2,(H,28,31). The number of piperazine rings is 1. The lowest BCUT2D eigenvalue weighted by Gasteiger charge is -2.37. The van der Waals surface area contributed by atoms with Crippen LogP contribution in [0.15, 0.2) is 84.9 Å². The molecule has 1 N–H and O–H groups in total. The van der Waals surface area contributed by atoms with Crippen LogP contribution in [0.5, 0.6) is 0 Å². The van der Waals surface area contributed by atoms with Gasteiger partial charge in [-0.05, 0) is 29.8 Å². The highest BCUT2D eigenvalue weighted by atomic mass is 19.1. The SMILES string of the molecule is O=C(NC(Cc1ccccc1)C(=O)N1CCN(c2ccccc2F)CC1)c1ccccc1. The minimum absolute atomic E-state index is 0.119. The van der Waals surface area contributed by atoms with E-state index in [0.717, 1.165) is 5.56 Å². The maximum Gasteiger partial charge on any atom is 0.251 e. The quantitative estimate of drug-likeness (QED) is 0.650. The first-order valence-electron chi connectivity index (χ1n) is 10.8. The van der Waals surface area contributed by atoms with Gasteiger partial charge in [-0.25, -0.2) is 4.39 Å². The molecule has 1 aliphatic rings. The molecule has 0 spiro atoms. The molecule has 32 heavy (non-hydrogen) atoms. The van der Waals surface area contributed by atoms with Gasteiger partial charge in [0.25, 0.3) is 5.91 Å². The van der Waals surface area contributed by atoms with Crippen molar-refractivity contribution in [1.29, 1.82) is 0 Å². The van der Waals surface area contributed by atoms with E-state index in [1.807, 2.05) is 47.4 Å². The van der Waals surface area contributed by atoms with Crippen LogP contribution in [0.3, 0.4) is 0 Å². The van der Waals surface area contributed by atoms with Crippen molar-refractivity contribution in [2.75, 3.05) is 31.1 Å². The van der Waals surface area contributed by atoms with Crippen molar-refractivity contribution in [3.8, 4) is 0 Å². The first kappa shape index (κ1) is 21.6. The summed E-state index contributed by atoms with van der Waals surface area (Å²) < 4.78 is 14.1. The number of benzene rings is 3. The summed E-state index contributed by atoms with van der Waals surface area (Å²) in [5, 5.41) is 2.93. The third-order valence-electron chi connectivity index (χ3n) is 5.71. The fourth-order valence-corrected chi connectivity index (χ4v) is 3.98. The lowest BCUT2D eigenvalue weighted by Crippen LogP contribution is -2.55. The van der Waals surface area contributed by atoms with Gasteiger partial charge in [0.15, 0.2) is 0 Å². The molecule has 0 radical (unpaired) electrons. The van der Waals surface area contributed by atoms with E-state index in [9.17, 15) is 14.0 Å². The summed E-state index contributed by atoms with van der Waals surface area (Å²) in [6.07, 6.45) is 0.409. The minimum Gasteiger partial charge on any atom is -0.366 e. The van der Waals surface area contributed by atoms with Gasteiger partial charge in [-0.15, -0.1) is 0 Å². The maximum atomic E-state index is 14.1. The van der Waals surface area contributed by atoms with Crippen LogP contribution in [0, 0.1) is 5.82 Å². The molecule has 1 aliphatic heterocycles. The Labute approximate surface area is 187 Å². The van der Waals surface area contributed by atoms with Crippen LogP contribution < -0.4 is 10.2 Å². The minimum atomic E-state index is -0.676. The Bertz CT molecular complexity index is 1050. The third-order valence-corrected chi connectivity index (χ3v) is 5.71. The molecule has 0 aromatic heterocycles. The molecule has 164 valence electrons. The molecule has 2 amide bonds. The molecule has 1 atom stereocenters. The van der Waals surface area contributed by atoms with Gasteiger partial charge in [0, 0.05) is 38.2 Å². The van der Waals surface area contributed by atoms with Crippen molar-refractivity contribution >= 4 is 17.5 Å². The van der Waals surface area contributed by atoms with Gasteiger partial charge >= 0.3 is 0 Å². The number of amides is 2. The topological polar surface area (TPSA) is 52.7 Å². The number of carbonyl (C=O) groups excluding carboxylic acids is 2. The summed E-state index contributed by atoms with van der Waals surface area (Å²) in [7, 11) is 0. The molecule has 3 aromatic carbocycles. The van der Waals surface area contributed by atoms with Gasteiger partial charge < -0.3 is 15.1 Å². The number of nitrogens with zero attached hydrogens (tertiary/aromatic N) is 2. The summed E-state index contributed by atoms with van der Waals surface area (Å²) >= 11 is 0. The molecule has 6 heteroatoms. The van der Waals surface area contributed by atoms with Crippen LogP contribution in [0.25, 0.3) is 0 Å². The Morgan fingerprint density at radius 1 is 0.812 bits per heavy atom. The fourth-order valence-electron chi connectivity index (χ4n) is 3.98. The summed E-state index contributed by atoms with van der Waals surface area (Å²) in [6, 6.07) is 24.6. The van der Waals surface area contributed by atoms with Crippen LogP contribution in [-0.2, 0) is 11.2 Å². The maximum absolute atomic E-state index is 14.1. The highest BCUT2D eigenvalue weighted by Gasteiger charge is 2.29. The average molecular weight is 432 g/mol. The van der Waals surface area contributed by atoms with E-state index in [-0.39, 0.29) is 17.6 Å². The van der Waals surface area contributed by atoms with Gasteiger partial charge in [0.1, 0.15) is 11.9 Å². The van der Waals surface area contributed by atoms with E-state index in [2.05, 4.69) is 5.32 Å². The normalized spacial score (nSPS) is 14.7. The third kappa shape index (κ3) is 5.14. The Balaban J connectivity index is 1.46. The molecule has 1 unspecified atom stereocenters. The molecule has 0 bridgehead atoms. The van der Waals surface area contributed by atoms with E-state index >= 15 is 0 Å². The number of halogens is 1. The number of anilines is 1. The van der Waals surface area contributed by atoms with Crippen molar-refractivity contribution in [3.63, 3.8) is 0 Å². The van der Waals surface area contributed by atoms with Crippen molar-refractivity contribution in [1.82, 2.24) is 10.2 Å². The lowest BCUT2D eigenvalue weighted by atomic mass is 10.0. The Morgan fingerprint density at radius 2 is 1.41 bits per heavy atom. The van der Waals surface area contributed by atoms with Crippen LogP contribution in [0.2, 0.25) is 0 Å². The average Bonchev–Trinajstić information content (AvgIpc) is 2.85. The summed E-state index contributed by atoms with van der Waals surface area (Å²) in [4.78, 5) is 29.9. The smallest absolute Gasteiger partial charge is 0.251 e. The summed E-state index contributed by atoms with van der Waals surface area (Å²) in [6.45, 7) is 2.02. The molecule has 4 rings (SSSR count). The number of rotatable bonds is 6. The number of nitrogens with one attached hydrogen (secondary N) is 1. The van der Waals surface area contributed by atoms with E-state index in [4.69, 9.17) is 0 Å². The number of hydrogen-bond acceptors (Lipinski definition) is 3. The number of carbonyl (C=O) groups is 2. The van der Waals surface area contributed by atoms with Gasteiger partial charge in [0.2, 0.25) is 5.91 Å². The Kier molecular flexibility index (Phi) is 6.80. The first-order chi connectivity index (χ1) is 15.6. The zero-order valence-electron chi connectivity index (χ0n) is 17.8. The highest BCUT2D eigenvalue weighted by molar-refractivity contribution is 5.97. The lowest BCUT2D eigenvalue weighted by molar-refractivity contribution is -0.133. The molecule has 0 aliphatic carbocycles. The second-order valence-corrected chi connectivity index (χ2v) is 7.85. The van der Waals surface area contributed by atoms with Crippen LogP contribution in [0.1, 0.15) is 15.9 Å². The molecular weight excluding hydrogens is 405 g/mol. The van der Waals surface area contributed by atoms with Crippen molar-refractivity contribution in [2.24, 2.45) is 0 Å². The molecular formula is C26H26FN3O2. The predicted octanol–water partition coefficient (Wildman–Crippen LogP) is 3.52. The van der Waals surface area contributed by atoms with Gasteiger partial charge in [-0.2, -0.15) is 0 Å². The molecule has 0 saturated carbocycles. The van der Waals surface area contributed by atoms with Crippen molar-refractivity contribution < 1.29 is 14.0 Å². The number of hydrogen-bond donors (Lipinski definition) is 1. The fraction of sp³-hybridized carbons (Fsp3) is 0.231. The van der Waals surface area contributed by atoms with Crippen LogP contribution in [0.4, 0.5) is 10.1 Å². The second-order valence-electron chi connectivity index (χ2n) is 7.85. The largest absolute Gasteiger partial charge is 0.366 e. The zero-order chi connectivity index (χ0) is 22.3. The zero-order valence-corrected chi connectivity index (χ0v) is 17.8. The molecule has 1 saturated heterocycles. The number of para-hydroxylation sites is 1. The molecule has 1 fully saturated rings. The van der Waals surface area contributed by atoms with Gasteiger partial charge in [-0.3, -0.25) is 9.59 Å². The Hall–Kier alpha value is -3.67. The van der Waals surface area contributed by atoms with Crippen LogP contribution in [-0.4, -0.2) is 48.9 Å². The van der Waals surface area contributed by atoms with E-state index in [1.165, 1.54) is 6.07 Å². The monoisotopic (exact) mass is 431 g/mol. The summed E-state index contributed by atoms with van der Waals surface area (Å²) in [5.41, 5.74) is 2.05. The summed E-state index contributed by atoms with van der Waals surface area (Å²) in [5.74, 6) is -0.652. The van der Waals surface area contributed by atoms with Gasteiger partial charge in [0.05, 0.1) is 5.69 Å². The van der Waals surface area contributed by atoms with Crippen LogP contribution >= 0.6 is 0 Å². The molecule has 1 heterocycles. The second kappa shape index (κ2) is 10.1.